The number of carbonyl (C=O) groups is 3. The third-order valence-corrected chi connectivity index (χ3v) is 3.88. The minimum atomic E-state index is -1.22. The van der Waals surface area contributed by atoms with E-state index in [-0.39, 0.29) is 11.8 Å². The molecule has 0 atom stereocenters. The number of nitrogens with one attached hydrogen (secondary N) is 1. The summed E-state index contributed by atoms with van der Waals surface area (Å²) in [6.45, 7) is -0.620. The highest BCUT2D eigenvalue weighted by Gasteiger charge is 2.18. The summed E-state index contributed by atoms with van der Waals surface area (Å²) in [6, 6.07) is 8.72. The van der Waals surface area contributed by atoms with Crippen LogP contribution in [0.5, 0.6) is 11.5 Å². The first-order chi connectivity index (χ1) is 13.4. The average Bonchev–Trinajstić information content (AvgIpc) is 3.08. The highest BCUT2D eigenvalue weighted by molar-refractivity contribution is 5.94. The number of anilines is 1. The average molecular weight is 383 g/mol. The zero-order chi connectivity index (χ0) is 20.3. The predicted molar refractivity (Wildman–Crippen MR) is 101 cm³/mol. The van der Waals surface area contributed by atoms with Gasteiger partial charge in [-0.25, -0.2) is 14.6 Å². The predicted octanol–water partition coefficient (Wildman–Crippen LogP) is 1.99. The fourth-order valence-corrected chi connectivity index (χ4v) is 2.64. The Balaban J connectivity index is 1.86. The lowest BCUT2D eigenvalue weighted by Crippen LogP contribution is -2.40. The molecule has 0 aliphatic carbocycles. The summed E-state index contributed by atoms with van der Waals surface area (Å²) in [5.41, 5.74) is 5.94. The van der Waals surface area contributed by atoms with Gasteiger partial charge in [-0.05, 0) is 30.3 Å². The number of pyridine rings is 1. The standard InChI is InChI=1S/C18H17N5O5/c1-20-18(27)22-7-5-11-8-12(2-3-14(11)22)28-13-4-6-21-15(9-13)23(17(19)26)10-16(24)25/h2-9H,10H2,1H3,(H2,19,26)(H,20,27)(H,24,25). The first-order valence-electron chi connectivity index (χ1n) is 8.15. The molecule has 0 spiro atoms. The van der Waals surface area contributed by atoms with E-state index < -0.39 is 18.5 Å². The fourth-order valence-electron chi connectivity index (χ4n) is 2.64. The van der Waals surface area contributed by atoms with E-state index >= 15 is 0 Å². The monoisotopic (exact) mass is 383 g/mol. The van der Waals surface area contributed by atoms with Crippen LogP contribution >= 0.6 is 0 Å². The fraction of sp³-hybridized carbons (Fsp3) is 0.111. The maximum absolute atomic E-state index is 11.8. The van der Waals surface area contributed by atoms with Crippen LogP contribution in [-0.2, 0) is 4.79 Å². The summed E-state index contributed by atoms with van der Waals surface area (Å²) in [7, 11) is 1.55. The zero-order valence-corrected chi connectivity index (χ0v) is 14.8. The molecule has 10 heteroatoms. The Hall–Kier alpha value is -4.08. The number of rotatable bonds is 5. The van der Waals surface area contributed by atoms with Crippen molar-refractivity contribution in [1.82, 2.24) is 14.9 Å². The summed E-state index contributed by atoms with van der Waals surface area (Å²) in [5.74, 6) is -0.341. The van der Waals surface area contributed by atoms with Crippen LogP contribution in [0.25, 0.3) is 10.9 Å². The molecule has 4 N–H and O–H groups in total. The molecule has 0 fully saturated rings. The number of urea groups is 1. The molecule has 3 amide bonds. The van der Waals surface area contributed by atoms with E-state index in [0.717, 1.165) is 10.3 Å². The summed E-state index contributed by atoms with van der Waals surface area (Å²) in [6.07, 6.45) is 3.03. The first-order valence-corrected chi connectivity index (χ1v) is 8.15. The number of benzene rings is 1. The topological polar surface area (TPSA) is 140 Å². The molecule has 0 saturated heterocycles. The van der Waals surface area contributed by atoms with E-state index in [2.05, 4.69) is 10.3 Å². The Morgan fingerprint density at radius 3 is 2.64 bits per heavy atom. The van der Waals surface area contributed by atoms with Crippen molar-refractivity contribution in [2.24, 2.45) is 5.73 Å². The molecule has 0 saturated carbocycles. The van der Waals surface area contributed by atoms with Gasteiger partial charge in [0.1, 0.15) is 23.9 Å². The second-order valence-electron chi connectivity index (χ2n) is 5.73. The molecule has 0 aliphatic heterocycles. The number of carboxylic acid groups (broad SMARTS) is 1. The highest BCUT2D eigenvalue weighted by Crippen LogP contribution is 2.28. The molecule has 0 radical (unpaired) electrons. The Bertz CT molecular complexity index is 1060. The van der Waals surface area contributed by atoms with Crippen LogP contribution < -0.4 is 20.7 Å². The van der Waals surface area contributed by atoms with Gasteiger partial charge in [0, 0.05) is 30.9 Å². The Morgan fingerprint density at radius 1 is 1.21 bits per heavy atom. The number of hydrogen-bond donors (Lipinski definition) is 3. The van der Waals surface area contributed by atoms with Gasteiger partial charge in [-0.15, -0.1) is 0 Å². The van der Waals surface area contributed by atoms with Crippen LogP contribution in [0.1, 0.15) is 0 Å². The van der Waals surface area contributed by atoms with Crippen LogP contribution in [0, 0.1) is 0 Å². The lowest BCUT2D eigenvalue weighted by molar-refractivity contribution is -0.135. The van der Waals surface area contributed by atoms with Crippen molar-refractivity contribution in [2.75, 3.05) is 18.5 Å². The van der Waals surface area contributed by atoms with Gasteiger partial charge in [-0.1, -0.05) is 0 Å². The summed E-state index contributed by atoms with van der Waals surface area (Å²) in [5, 5.41) is 12.3. The second-order valence-corrected chi connectivity index (χ2v) is 5.73. The van der Waals surface area contributed by atoms with E-state index in [1.54, 1.807) is 43.6 Å². The SMILES string of the molecule is CNC(=O)n1ccc2cc(Oc3ccnc(N(CC(=O)O)C(N)=O)c3)ccc21. The summed E-state index contributed by atoms with van der Waals surface area (Å²) in [4.78, 5) is 39.0. The first kappa shape index (κ1) is 18.7. The molecule has 0 aliphatic rings. The van der Waals surface area contributed by atoms with Gasteiger partial charge in [0.15, 0.2) is 0 Å². The van der Waals surface area contributed by atoms with E-state index in [9.17, 15) is 14.4 Å². The number of hydrogen-bond acceptors (Lipinski definition) is 5. The zero-order valence-electron chi connectivity index (χ0n) is 14.8. The number of fused-ring (bicyclic) bond motifs is 1. The van der Waals surface area contributed by atoms with Crippen molar-refractivity contribution in [2.45, 2.75) is 0 Å². The van der Waals surface area contributed by atoms with Gasteiger partial charge in [-0.3, -0.25) is 14.3 Å². The molecule has 2 aromatic heterocycles. The van der Waals surface area contributed by atoms with E-state index in [1.165, 1.54) is 16.8 Å². The second kappa shape index (κ2) is 7.66. The number of nitrogens with zero attached hydrogens (tertiary/aromatic N) is 3. The molecule has 3 rings (SSSR count). The van der Waals surface area contributed by atoms with Gasteiger partial charge in [0.05, 0.1) is 5.52 Å². The maximum Gasteiger partial charge on any atom is 0.325 e. The third kappa shape index (κ3) is 3.85. The van der Waals surface area contributed by atoms with Gasteiger partial charge in [0.2, 0.25) is 0 Å². The van der Waals surface area contributed by atoms with Crippen molar-refractivity contribution >= 4 is 34.8 Å². The molecule has 144 valence electrons. The lowest BCUT2D eigenvalue weighted by Gasteiger charge is -2.17. The maximum atomic E-state index is 11.8. The molecule has 0 unspecified atom stereocenters. The van der Waals surface area contributed by atoms with Crippen molar-refractivity contribution in [3.05, 3.63) is 48.8 Å². The van der Waals surface area contributed by atoms with Crippen LogP contribution in [0.15, 0.2) is 48.8 Å². The minimum absolute atomic E-state index is 0.0549. The molecule has 10 nitrogen and oxygen atoms in total. The van der Waals surface area contributed by atoms with E-state index in [0.29, 0.717) is 17.0 Å². The number of aliphatic carboxylic acids is 1. The number of primary amides is 1. The summed E-state index contributed by atoms with van der Waals surface area (Å²) >= 11 is 0. The van der Waals surface area contributed by atoms with Gasteiger partial charge in [-0.2, -0.15) is 0 Å². The molecule has 28 heavy (non-hydrogen) atoms. The Morgan fingerprint density at radius 2 is 1.96 bits per heavy atom. The highest BCUT2D eigenvalue weighted by atomic mass is 16.5. The van der Waals surface area contributed by atoms with Crippen molar-refractivity contribution in [1.29, 1.82) is 0 Å². The molecule has 3 aromatic rings. The Labute approximate surface area is 159 Å². The Kier molecular flexibility index (Phi) is 5.12. The van der Waals surface area contributed by atoms with Crippen LogP contribution in [0.3, 0.4) is 0 Å². The van der Waals surface area contributed by atoms with Gasteiger partial charge < -0.3 is 20.9 Å². The molecule has 1 aromatic carbocycles. The van der Waals surface area contributed by atoms with Gasteiger partial charge in [0.25, 0.3) is 0 Å². The third-order valence-electron chi connectivity index (χ3n) is 3.88. The largest absolute Gasteiger partial charge is 0.480 e. The normalized spacial score (nSPS) is 10.5. The van der Waals surface area contributed by atoms with Crippen LogP contribution in [0.4, 0.5) is 15.4 Å². The number of carbonyl (C=O) groups excluding carboxylic acids is 2. The van der Waals surface area contributed by atoms with Crippen LogP contribution in [0.2, 0.25) is 0 Å². The van der Waals surface area contributed by atoms with Crippen molar-refractivity contribution in [3.63, 3.8) is 0 Å². The molecular weight excluding hydrogens is 366 g/mol. The quantitative estimate of drug-likeness (QED) is 0.615. The summed E-state index contributed by atoms with van der Waals surface area (Å²) < 4.78 is 7.25. The van der Waals surface area contributed by atoms with Gasteiger partial charge >= 0.3 is 18.0 Å². The molecule has 2 heterocycles. The van der Waals surface area contributed by atoms with Crippen molar-refractivity contribution in [3.8, 4) is 11.5 Å². The number of nitrogens with two attached hydrogens (primary N) is 1. The number of amides is 3. The van der Waals surface area contributed by atoms with Crippen LogP contribution in [-0.4, -0.2) is 46.3 Å². The lowest BCUT2D eigenvalue weighted by atomic mass is 10.2. The smallest absolute Gasteiger partial charge is 0.325 e. The molecular formula is C18H17N5O5. The molecule has 0 bridgehead atoms. The number of ether oxygens (including phenoxy) is 1. The number of carboxylic acids is 1. The number of aromatic nitrogens is 2. The van der Waals surface area contributed by atoms with E-state index in [4.69, 9.17) is 15.6 Å². The van der Waals surface area contributed by atoms with E-state index in [1.807, 2.05) is 0 Å². The minimum Gasteiger partial charge on any atom is -0.480 e. The van der Waals surface area contributed by atoms with Crippen molar-refractivity contribution < 1.29 is 24.2 Å².